The van der Waals surface area contributed by atoms with Crippen LogP contribution < -0.4 is 0 Å². The van der Waals surface area contributed by atoms with Crippen molar-refractivity contribution in [3.05, 3.63) is 11.8 Å². The predicted molar refractivity (Wildman–Crippen MR) is 48.9 cm³/mol. The predicted octanol–water partition coefficient (Wildman–Crippen LogP) is 2.60. The molecule has 1 rings (SSSR count). The molecule has 0 fully saturated rings. The molecule has 0 bridgehead atoms. The number of hydrogen-bond acceptors (Lipinski definition) is 3. The minimum atomic E-state index is 0.583. The SMILES string of the molecule is CC.Cc1nnc(CC(C)C)o1. The maximum Gasteiger partial charge on any atom is 0.216 e. The quantitative estimate of drug-likeness (QED) is 0.684. The topological polar surface area (TPSA) is 38.9 Å². The van der Waals surface area contributed by atoms with Crippen molar-refractivity contribution in [3.8, 4) is 0 Å². The van der Waals surface area contributed by atoms with Crippen molar-refractivity contribution in [2.75, 3.05) is 0 Å². The third-order valence-corrected chi connectivity index (χ3v) is 1.15. The molecule has 70 valence electrons. The van der Waals surface area contributed by atoms with Crippen LogP contribution in [0.4, 0.5) is 0 Å². The van der Waals surface area contributed by atoms with Crippen molar-refractivity contribution in [1.82, 2.24) is 10.2 Å². The smallest absolute Gasteiger partial charge is 0.216 e. The van der Waals surface area contributed by atoms with Crippen molar-refractivity contribution in [3.63, 3.8) is 0 Å². The molecule has 0 spiro atoms. The number of aryl methyl sites for hydroxylation is 1. The molecule has 0 N–H and O–H groups in total. The number of aromatic nitrogens is 2. The first-order valence-electron chi connectivity index (χ1n) is 4.47. The number of nitrogens with zero attached hydrogens (tertiary/aromatic N) is 2. The standard InChI is InChI=1S/C7H12N2O.C2H6/c1-5(2)4-7-9-8-6(3)10-7;1-2/h5H,4H2,1-3H3;1-2H3. The van der Waals surface area contributed by atoms with Crippen molar-refractivity contribution in [2.24, 2.45) is 5.92 Å². The van der Waals surface area contributed by atoms with Gasteiger partial charge in [0, 0.05) is 13.3 Å². The molecule has 0 radical (unpaired) electrons. The van der Waals surface area contributed by atoms with Gasteiger partial charge in [0.05, 0.1) is 0 Å². The molecule has 0 saturated carbocycles. The summed E-state index contributed by atoms with van der Waals surface area (Å²) in [6, 6.07) is 0. The van der Waals surface area contributed by atoms with Gasteiger partial charge in [-0.15, -0.1) is 10.2 Å². The van der Waals surface area contributed by atoms with E-state index in [9.17, 15) is 0 Å². The second-order valence-electron chi connectivity index (χ2n) is 2.81. The highest BCUT2D eigenvalue weighted by molar-refractivity contribution is 4.79. The summed E-state index contributed by atoms with van der Waals surface area (Å²) in [6.45, 7) is 10.1. The van der Waals surface area contributed by atoms with Crippen LogP contribution in [-0.4, -0.2) is 10.2 Å². The third kappa shape index (κ3) is 4.11. The molecule has 1 aromatic heterocycles. The Morgan fingerprint density at radius 1 is 1.25 bits per heavy atom. The van der Waals surface area contributed by atoms with Gasteiger partial charge in [0.2, 0.25) is 11.8 Å². The van der Waals surface area contributed by atoms with Crippen molar-refractivity contribution in [2.45, 2.75) is 41.0 Å². The third-order valence-electron chi connectivity index (χ3n) is 1.15. The molecule has 0 unspecified atom stereocenters. The van der Waals surface area contributed by atoms with Crippen molar-refractivity contribution >= 4 is 0 Å². The molecule has 1 heterocycles. The van der Waals surface area contributed by atoms with Crippen LogP contribution in [0.15, 0.2) is 4.42 Å². The summed E-state index contributed by atoms with van der Waals surface area (Å²) in [5, 5.41) is 7.59. The Labute approximate surface area is 74.2 Å². The Morgan fingerprint density at radius 2 is 1.83 bits per heavy atom. The van der Waals surface area contributed by atoms with E-state index in [-0.39, 0.29) is 0 Å². The molecular weight excluding hydrogens is 152 g/mol. The molecule has 0 saturated heterocycles. The van der Waals surface area contributed by atoms with Gasteiger partial charge < -0.3 is 4.42 Å². The van der Waals surface area contributed by atoms with Crippen LogP contribution in [-0.2, 0) is 6.42 Å². The Hall–Kier alpha value is -0.860. The van der Waals surface area contributed by atoms with Gasteiger partial charge in [0.25, 0.3) is 0 Å². The fraction of sp³-hybridized carbons (Fsp3) is 0.778. The van der Waals surface area contributed by atoms with E-state index in [4.69, 9.17) is 4.42 Å². The van der Waals surface area contributed by atoms with Crippen LogP contribution in [0.3, 0.4) is 0 Å². The van der Waals surface area contributed by atoms with E-state index >= 15 is 0 Å². The second kappa shape index (κ2) is 5.75. The average Bonchev–Trinajstić information content (AvgIpc) is 2.39. The summed E-state index contributed by atoms with van der Waals surface area (Å²) in [5.74, 6) is 1.98. The van der Waals surface area contributed by atoms with Gasteiger partial charge in [-0.2, -0.15) is 0 Å². The zero-order chi connectivity index (χ0) is 9.56. The van der Waals surface area contributed by atoms with Crippen LogP contribution in [0.5, 0.6) is 0 Å². The van der Waals surface area contributed by atoms with Crippen LogP contribution in [0.2, 0.25) is 0 Å². The molecule has 0 aromatic carbocycles. The van der Waals surface area contributed by atoms with Crippen molar-refractivity contribution in [1.29, 1.82) is 0 Å². The first-order chi connectivity index (χ1) is 5.68. The van der Waals surface area contributed by atoms with Crippen LogP contribution in [0, 0.1) is 12.8 Å². The summed E-state index contributed by atoms with van der Waals surface area (Å²) in [6.07, 6.45) is 0.876. The van der Waals surface area contributed by atoms with E-state index in [0.29, 0.717) is 11.8 Å². The van der Waals surface area contributed by atoms with Gasteiger partial charge in [-0.3, -0.25) is 0 Å². The lowest BCUT2D eigenvalue weighted by atomic mass is 10.1. The van der Waals surface area contributed by atoms with Gasteiger partial charge in [-0.05, 0) is 5.92 Å². The zero-order valence-corrected chi connectivity index (χ0v) is 8.59. The van der Waals surface area contributed by atoms with Gasteiger partial charge >= 0.3 is 0 Å². The monoisotopic (exact) mass is 170 g/mol. The minimum Gasteiger partial charge on any atom is -0.426 e. The van der Waals surface area contributed by atoms with E-state index in [2.05, 4.69) is 24.0 Å². The Bertz CT molecular complexity index is 206. The number of hydrogen-bond donors (Lipinski definition) is 0. The Balaban J connectivity index is 0.000000561. The van der Waals surface area contributed by atoms with Crippen molar-refractivity contribution < 1.29 is 4.42 Å². The molecule has 12 heavy (non-hydrogen) atoms. The van der Waals surface area contributed by atoms with E-state index in [1.807, 2.05) is 13.8 Å². The molecule has 1 aromatic rings. The first kappa shape index (κ1) is 11.1. The van der Waals surface area contributed by atoms with Gasteiger partial charge in [-0.1, -0.05) is 27.7 Å². The highest BCUT2D eigenvalue weighted by atomic mass is 16.4. The number of rotatable bonds is 2. The summed E-state index contributed by atoms with van der Waals surface area (Å²) in [4.78, 5) is 0. The molecule has 3 heteroatoms. The highest BCUT2D eigenvalue weighted by Gasteiger charge is 2.03. The van der Waals surface area contributed by atoms with E-state index in [0.717, 1.165) is 12.3 Å². The minimum absolute atomic E-state index is 0.583. The second-order valence-corrected chi connectivity index (χ2v) is 2.81. The molecule has 0 amide bonds. The Morgan fingerprint density at radius 3 is 2.17 bits per heavy atom. The molecule has 0 aliphatic heterocycles. The van der Waals surface area contributed by atoms with Crippen LogP contribution in [0.25, 0.3) is 0 Å². The normalized spacial score (nSPS) is 9.50. The maximum atomic E-state index is 5.17. The zero-order valence-electron chi connectivity index (χ0n) is 8.59. The molecule has 0 aliphatic rings. The van der Waals surface area contributed by atoms with E-state index < -0.39 is 0 Å². The maximum absolute atomic E-state index is 5.17. The highest BCUT2D eigenvalue weighted by Crippen LogP contribution is 2.05. The van der Waals surface area contributed by atoms with E-state index in [1.54, 1.807) is 6.92 Å². The van der Waals surface area contributed by atoms with Crippen LogP contribution >= 0.6 is 0 Å². The summed E-state index contributed by atoms with van der Waals surface area (Å²) >= 11 is 0. The van der Waals surface area contributed by atoms with E-state index in [1.165, 1.54) is 0 Å². The molecule has 0 atom stereocenters. The molecule has 0 aliphatic carbocycles. The summed E-state index contributed by atoms with van der Waals surface area (Å²) in [5.41, 5.74) is 0. The van der Waals surface area contributed by atoms with Gasteiger partial charge in [-0.25, -0.2) is 0 Å². The van der Waals surface area contributed by atoms with Crippen LogP contribution in [0.1, 0.15) is 39.5 Å². The fourth-order valence-corrected chi connectivity index (χ4v) is 0.769. The summed E-state index contributed by atoms with van der Waals surface area (Å²) in [7, 11) is 0. The Kier molecular flexibility index (Phi) is 5.34. The fourth-order valence-electron chi connectivity index (χ4n) is 0.769. The van der Waals surface area contributed by atoms with Gasteiger partial charge in [0.1, 0.15) is 0 Å². The summed E-state index contributed by atoms with van der Waals surface area (Å²) < 4.78 is 5.17. The average molecular weight is 170 g/mol. The first-order valence-corrected chi connectivity index (χ1v) is 4.47. The lowest BCUT2D eigenvalue weighted by Crippen LogP contribution is -1.93. The van der Waals surface area contributed by atoms with Gasteiger partial charge in [0.15, 0.2) is 0 Å². The molecule has 3 nitrogen and oxygen atoms in total. The largest absolute Gasteiger partial charge is 0.426 e. The lowest BCUT2D eigenvalue weighted by Gasteiger charge is -1.95. The lowest BCUT2D eigenvalue weighted by molar-refractivity contribution is 0.438. The molecular formula is C9H18N2O.